The van der Waals surface area contributed by atoms with Crippen molar-refractivity contribution in [3.63, 3.8) is 0 Å². The maximum absolute atomic E-state index is 12.0. The molecular formula is C29H22I2N2O6. The molecule has 4 amide bonds. The van der Waals surface area contributed by atoms with Gasteiger partial charge < -0.3 is 4.84 Å². The van der Waals surface area contributed by atoms with Crippen LogP contribution in [-0.4, -0.2) is 39.6 Å². The Morgan fingerprint density at radius 2 is 1.28 bits per heavy atom. The van der Waals surface area contributed by atoms with E-state index < -0.39 is 17.8 Å². The van der Waals surface area contributed by atoms with E-state index in [0.29, 0.717) is 17.2 Å². The van der Waals surface area contributed by atoms with Gasteiger partial charge in [0, 0.05) is 32.1 Å². The van der Waals surface area contributed by atoms with Gasteiger partial charge >= 0.3 is 5.97 Å². The fraction of sp³-hybridized carbons (Fsp3) is 0.138. The first kappa shape index (κ1) is 28.6. The van der Waals surface area contributed by atoms with Crippen LogP contribution >= 0.6 is 45.2 Å². The van der Waals surface area contributed by atoms with Gasteiger partial charge in [0.05, 0.1) is 12.1 Å². The van der Waals surface area contributed by atoms with Crippen LogP contribution in [0.1, 0.15) is 39.9 Å². The predicted octanol–water partition coefficient (Wildman–Crippen LogP) is 4.82. The first-order chi connectivity index (χ1) is 18.7. The van der Waals surface area contributed by atoms with E-state index in [1.54, 1.807) is 12.1 Å². The van der Waals surface area contributed by atoms with Crippen LogP contribution in [0.4, 0.5) is 0 Å². The van der Waals surface area contributed by atoms with E-state index in [1.165, 1.54) is 26.2 Å². The maximum Gasteiger partial charge on any atom is 0.363 e. The number of halogens is 2. The number of carbonyl (C=O) groups is 5. The van der Waals surface area contributed by atoms with Crippen molar-refractivity contribution >= 4 is 74.8 Å². The van der Waals surface area contributed by atoms with Crippen LogP contribution in [0, 0.1) is 7.14 Å². The number of amides is 4. The van der Waals surface area contributed by atoms with Crippen LogP contribution in [-0.2, 0) is 37.0 Å². The fourth-order valence-electron chi connectivity index (χ4n) is 3.79. The van der Waals surface area contributed by atoms with Crippen molar-refractivity contribution in [3.05, 3.63) is 114 Å². The summed E-state index contributed by atoms with van der Waals surface area (Å²) >= 11 is 4.46. The van der Waals surface area contributed by atoms with Crippen LogP contribution < -0.4 is 0 Å². The van der Waals surface area contributed by atoms with Gasteiger partial charge in [0.15, 0.2) is 0 Å². The van der Waals surface area contributed by atoms with Crippen molar-refractivity contribution in [1.82, 2.24) is 9.96 Å². The highest BCUT2D eigenvalue weighted by atomic mass is 127. The molecule has 0 atom stereocenters. The molecule has 2 aliphatic rings. The van der Waals surface area contributed by atoms with E-state index in [-0.39, 0.29) is 24.7 Å². The molecule has 0 spiro atoms. The number of carbonyl (C=O) groups excluding carboxylic acids is 5. The molecule has 8 nitrogen and oxygen atoms in total. The summed E-state index contributed by atoms with van der Waals surface area (Å²) in [5.41, 5.74) is 3.50. The average Bonchev–Trinajstić information content (AvgIpc) is 3.41. The minimum atomic E-state index is -0.709. The molecule has 0 saturated carbocycles. The standard InChI is InChI=1S/C18H14INO4.C11H8INO2/c19-15-7-3-13(4-8-15)11-12-1-5-14(6-2-12)18(23)24-20-16(21)9-10-17(20)22;12-9-3-1-2-8(6-9)7-13-10(14)4-5-11(13)15/h1-8H,9-11H2;1-6H,7H2. The summed E-state index contributed by atoms with van der Waals surface area (Å²) in [5.74, 6) is -2.15. The van der Waals surface area contributed by atoms with Gasteiger partial charge in [0.2, 0.25) is 0 Å². The van der Waals surface area contributed by atoms with Crippen LogP contribution in [0.2, 0.25) is 0 Å². The summed E-state index contributed by atoms with van der Waals surface area (Å²) in [6.45, 7) is 0.349. The number of rotatable bonds is 6. The Morgan fingerprint density at radius 1 is 0.718 bits per heavy atom. The lowest BCUT2D eigenvalue weighted by Crippen LogP contribution is -2.32. The van der Waals surface area contributed by atoms with E-state index in [2.05, 4.69) is 57.3 Å². The van der Waals surface area contributed by atoms with Crippen LogP contribution in [0.25, 0.3) is 0 Å². The molecule has 5 rings (SSSR count). The van der Waals surface area contributed by atoms with Crippen molar-refractivity contribution in [2.24, 2.45) is 0 Å². The van der Waals surface area contributed by atoms with Crippen LogP contribution in [0.5, 0.6) is 0 Å². The van der Waals surface area contributed by atoms with Gasteiger partial charge in [0.1, 0.15) is 0 Å². The molecule has 1 saturated heterocycles. The minimum Gasteiger partial charge on any atom is -0.325 e. The molecule has 0 N–H and O–H groups in total. The Balaban J connectivity index is 0.000000202. The van der Waals surface area contributed by atoms with Gasteiger partial charge in [-0.2, -0.15) is 0 Å². The molecule has 3 aromatic rings. The lowest BCUT2D eigenvalue weighted by atomic mass is 10.0. The summed E-state index contributed by atoms with van der Waals surface area (Å²) in [4.78, 5) is 63.6. The van der Waals surface area contributed by atoms with Crippen molar-refractivity contribution in [2.45, 2.75) is 25.8 Å². The van der Waals surface area contributed by atoms with E-state index in [4.69, 9.17) is 4.84 Å². The fourth-order valence-corrected chi connectivity index (χ4v) is 4.76. The summed E-state index contributed by atoms with van der Waals surface area (Å²) in [6.07, 6.45) is 3.53. The summed E-state index contributed by atoms with van der Waals surface area (Å²) in [5, 5.41) is 0.557. The molecule has 0 aromatic heterocycles. The van der Waals surface area contributed by atoms with Crippen molar-refractivity contribution in [1.29, 1.82) is 0 Å². The summed E-state index contributed by atoms with van der Waals surface area (Å²) in [6, 6.07) is 22.9. The van der Waals surface area contributed by atoms with Gasteiger partial charge in [0.25, 0.3) is 23.6 Å². The molecule has 2 aliphatic heterocycles. The molecular weight excluding hydrogens is 726 g/mol. The zero-order valence-electron chi connectivity index (χ0n) is 20.5. The normalized spacial score (nSPS) is 14.5. The summed E-state index contributed by atoms with van der Waals surface area (Å²) in [7, 11) is 0. The van der Waals surface area contributed by atoms with Gasteiger partial charge in [-0.1, -0.05) is 36.4 Å². The highest BCUT2D eigenvalue weighted by molar-refractivity contribution is 14.1. The molecule has 0 aliphatic carbocycles. The molecule has 10 heteroatoms. The molecule has 0 radical (unpaired) electrons. The topological polar surface area (TPSA) is 101 Å². The van der Waals surface area contributed by atoms with Crippen LogP contribution in [0.15, 0.2) is 84.9 Å². The molecule has 198 valence electrons. The SMILES string of the molecule is O=C(ON1C(=O)CCC1=O)c1ccc(Cc2ccc(I)cc2)cc1.O=C1C=CC(=O)N1Cc1cccc(I)c1. The number of nitrogens with zero attached hydrogens (tertiary/aromatic N) is 2. The molecule has 0 unspecified atom stereocenters. The Labute approximate surface area is 252 Å². The smallest absolute Gasteiger partial charge is 0.325 e. The number of hydroxylamine groups is 2. The van der Waals surface area contributed by atoms with E-state index >= 15 is 0 Å². The Hall–Kier alpha value is -3.39. The number of hydrogen-bond donors (Lipinski definition) is 0. The average molecular weight is 748 g/mol. The van der Waals surface area contributed by atoms with Crippen molar-refractivity contribution in [3.8, 4) is 0 Å². The lowest BCUT2D eigenvalue weighted by Gasteiger charge is -2.13. The third kappa shape index (κ3) is 7.82. The first-order valence-electron chi connectivity index (χ1n) is 11.9. The second-order valence-electron chi connectivity index (χ2n) is 8.69. The van der Waals surface area contributed by atoms with Crippen molar-refractivity contribution < 1.29 is 28.8 Å². The van der Waals surface area contributed by atoms with Gasteiger partial charge in [-0.15, -0.1) is 5.06 Å². The monoisotopic (exact) mass is 748 g/mol. The first-order valence-corrected chi connectivity index (χ1v) is 14.0. The quantitative estimate of drug-likeness (QED) is 0.265. The number of hydrogen-bond acceptors (Lipinski definition) is 6. The van der Waals surface area contributed by atoms with E-state index in [1.807, 2.05) is 48.5 Å². The highest BCUT2D eigenvalue weighted by Gasteiger charge is 2.33. The van der Waals surface area contributed by atoms with Gasteiger partial charge in [-0.3, -0.25) is 24.1 Å². The Bertz CT molecular complexity index is 1420. The van der Waals surface area contributed by atoms with Crippen LogP contribution in [0.3, 0.4) is 0 Å². The minimum absolute atomic E-state index is 0.0844. The summed E-state index contributed by atoms with van der Waals surface area (Å²) < 4.78 is 2.28. The Morgan fingerprint density at radius 3 is 1.85 bits per heavy atom. The molecule has 0 bridgehead atoms. The number of imide groups is 2. The third-order valence-electron chi connectivity index (χ3n) is 5.82. The Kier molecular flexibility index (Phi) is 9.62. The van der Waals surface area contributed by atoms with Crippen molar-refractivity contribution in [2.75, 3.05) is 0 Å². The van der Waals surface area contributed by atoms with E-state index in [9.17, 15) is 24.0 Å². The molecule has 2 heterocycles. The zero-order chi connectivity index (χ0) is 27.9. The zero-order valence-corrected chi connectivity index (χ0v) is 24.8. The second-order valence-corrected chi connectivity index (χ2v) is 11.2. The van der Waals surface area contributed by atoms with Gasteiger partial charge in [-0.25, -0.2) is 4.79 Å². The largest absolute Gasteiger partial charge is 0.363 e. The number of benzene rings is 3. The van der Waals surface area contributed by atoms with E-state index in [0.717, 1.165) is 21.1 Å². The lowest BCUT2D eigenvalue weighted by molar-refractivity contribution is -0.172. The predicted molar refractivity (Wildman–Crippen MR) is 159 cm³/mol. The second kappa shape index (κ2) is 13.1. The van der Waals surface area contributed by atoms with Gasteiger partial charge in [-0.05, 0) is 105 Å². The molecule has 1 fully saturated rings. The third-order valence-corrected chi connectivity index (χ3v) is 7.21. The molecule has 39 heavy (non-hydrogen) atoms. The maximum atomic E-state index is 12.0. The molecule has 3 aromatic carbocycles. The highest BCUT2D eigenvalue weighted by Crippen LogP contribution is 2.17.